The van der Waals surface area contributed by atoms with Gasteiger partial charge in [-0.2, -0.15) is 0 Å². The van der Waals surface area contributed by atoms with Crippen molar-refractivity contribution >= 4 is 11.9 Å². The molecule has 376 valence electrons. The van der Waals surface area contributed by atoms with Gasteiger partial charge in [0, 0.05) is 6.42 Å². The number of rotatable bonds is 49. The minimum absolute atomic E-state index is 0.0474. The van der Waals surface area contributed by atoms with Gasteiger partial charge in [-0.3, -0.25) is 9.59 Å². The molecule has 0 heterocycles. The Morgan fingerprint density at radius 3 is 1.29 bits per heavy atom. The van der Waals surface area contributed by atoms with Crippen molar-refractivity contribution in [1.82, 2.24) is 5.32 Å². The molecule has 1 amide bonds. The molecule has 0 radical (unpaired) electrons. The summed E-state index contributed by atoms with van der Waals surface area (Å²) < 4.78 is 5.91. The number of allylic oxidation sites excluding steroid dienone is 12. The summed E-state index contributed by atoms with van der Waals surface area (Å²) in [5.74, 6) is -0.549. The molecule has 0 spiro atoms. The Morgan fingerprint density at radius 2 is 0.831 bits per heavy atom. The van der Waals surface area contributed by atoms with Gasteiger partial charge in [0.25, 0.3) is 0 Å². The Labute approximate surface area is 402 Å². The van der Waals surface area contributed by atoms with Crippen molar-refractivity contribution in [3.8, 4) is 0 Å². The molecule has 0 aliphatic rings. The SMILES string of the molecule is CC/C=C\C/C=C\C/C=C\C/C=C\C/C=C\CCCC(=O)OC(CCCCCCC/C=C\CCCCCC)CC(=O)NC(CO)C(O)CCCCCCCCCCCCCCCCCC. The van der Waals surface area contributed by atoms with Gasteiger partial charge in [0.15, 0.2) is 0 Å². The van der Waals surface area contributed by atoms with Gasteiger partial charge in [-0.25, -0.2) is 0 Å². The first-order valence-electron chi connectivity index (χ1n) is 27.7. The maximum atomic E-state index is 13.2. The van der Waals surface area contributed by atoms with Crippen LogP contribution in [-0.2, 0) is 14.3 Å². The fraction of sp³-hybridized carbons (Fsp3) is 0.763. The summed E-state index contributed by atoms with van der Waals surface area (Å²) in [5, 5.41) is 23.8. The molecule has 6 heteroatoms. The molecule has 0 fully saturated rings. The van der Waals surface area contributed by atoms with Crippen molar-refractivity contribution in [1.29, 1.82) is 0 Å². The molecule has 6 nitrogen and oxygen atoms in total. The van der Waals surface area contributed by atoms with E-state index in [1.807, 2.05) is 0 Å². The lowest BCUT2D eigenvalue weighted by atomic mass is 10.0. The van der Waals surface area contributed by atoms with Gasteiger partial charge in [-0.1, -0.05) is 235 Å². The molecular weight excluding hydrogens is 803 g/mol. The number of carbonyl (C=O) groups is 2. The first kappa shape index (κ1) is 62.3. The smallest absolute Gasteiger partial charge is 0.306 e. The summed E-state index contributed by atoms with van der Waals surface area (Å²) in [7, 11) is 0. The zero-order chi connectivity index (χ0) is 47.4. The van der Waals surface area contributed by atoms with Crippen LogP contribution in [0.4, 0.5) is 0 Å². The number of carbonyl (C=O) groups excluding carboxylic acids is 2. The number of esters is 1. The third-order valence-corrected chi connectivity index (χ3v) is 12.3. The van der Waals surface area contributed by atoms with E-state index in [0.29, 0.717) is 25.7 Å². The second-order valence-electron chi connectivity index (χ2n) is 18.6. The summed E-state index contributed by atoms with van der Waals surface area (Å²) in [4.78, 5) is 26.2. The second-order valence-corrected chi connectivity index (χ2v) is 18.6. The fourth-order valence-corrected chi connectivity index (χ4v) is 8.11. The number of ether oxygens (including phenoxy) is 1. The third-order valence-electron chi connectivity index (χ3n) is 12.3. The van der Waals surface area contributed by atoms with E-state index in [-0.39, 0.29) is 24.9 Å². The molecular formula is C59H105NO5. The van der Waals surface area contributed by atoms with E-state index in [0.717, 1.165) is 83.5 Å². The first-order valence-corrected chi connectivity index (χ1v) is 27.7. The van der Waals surface area contributed by atoms with Gasteiger partial charge >= 0.3 is 5.97 Å². The molecule has 0 saturated carbocycles. The van der Waals surface area contributed by atoms with Crippen LogP contribution in [0.15, 0.2) is 72.9 Å². The standard InChI is InChI=1S/C59H105NO5/c1-4-7-10-13-16-19-22-25-27-29-31-34-37-40-43-46-49-52-59(64)65-55(50-47-44-41-38-35-32-24-21-18-15-12-9-6-3)53-58(63)60-56(54-61)57(62)51-48-45-42-39-36-33-30-28-26-23-20-17-14-11-8-5-2/h7,10,16,19,21,24-25,27,31,34,40,43,55-57,61-62H,4-6,8-9,11-15,17-18,20,22-23,26,28-30,32-33,35-39,41-42,44-54H2,1-3H3,(H,60,63)/b10-7-,19-16-,24-21-,27-25-,34-31-,43-40-. The predicted molar refractivity (Wildman–Crippen MR) is 282 cm³/mol. The molecule has 0 bridgehead atoms. The molecule has 3 atom stereocenters. The Kier molecular flexibility index (Phi) is 50.1. The topological polar surface area (TPSA) is 95.9 Å². The van der Waals surface area contributed by atoms with E-state index in [2.05, 4.69) is 99.0 Å². The van der Waals surface area contributed by atoms with E-state index in [4.69, 9.17) is 4.74 Å². The highest BCUT2D eigenvalue weighted by atomic mass is 16.5. The monoisotopic (exact) mass is 908 g/mol. The maximum absolute atomic E-state index is 13.2. The van der Waals surface area contributed by atoms with Gasteiger partial charge in [-0.15, -0.1) is 0 Å². The highest BCUT2D eigenvalue weighted by Crippen LogP contribution is 2.18. The normalized spacial score (nSPS) is 13.7. The van der Waals surface area contributed by atoms with E-state index < -0.39 is 18.2 Å². The van der Waals surface area contributed by atoms with Crippen LogP contribution in [0.2, 0.25) is 0 Å². The van der Waals surface area contributed by atoms with E-state index >= 15 is 0 Å². The summed E-state index contributed by atoms with van der Waals surface area (Å²) in [5.41, 5.74) is 0. The number of nitrogens with one attached hydrogen (secondary N) is 1. The molecule has 0 aromatic rings. The molecule has 0 aromatic carbocycles. The number of aliphatic hydroxyl groups excluding tert-OH is 2. The van der Waals surface area contributed by atoms with Crippen LogP contribution < -0.4 is 5.32 Å². The molecule has 65 heavy (non-hydrogen) atoms. The summed E-state index contributed by atoms with van der Waals surface area (Å²) in [6.45, 7) is 6.36. The minimum atomic E-state index is -0.802. The minimum Gasteiger partial charge on any atom is -0.462 e. The van der Waals surface area contributed by atoms with E-state index in [9.17, 15) is 19.8 Å². The Bertz CT molecular complexity index is 1200. The maximum Gasteiger partial charge on any atom is 0.306 e. The van der Waals surface area contributed by atoms with Crippen molar-refractivity contribution in [2.75, 3.05) is 6.61 Å². The lowest BCUT2D eigenvalue weighted by molar-refractivity contribution is -0.151. The number of hydrogen-bond acceptors (Lipinski definition) is 5. The van der Waals surface area contributed by atoms with Crippen LogP contribution in [0.3, 0.4) is 0 Å². The summed E-state index contributed by atoms with van der Waals surface area (Å²) in [6, 6.07) is -0.718. The Balaban J connectivity index is 4.63. The lowest BCUT2D eigenvalue weighted by Gasteiger charge is -2.24. The highest BCUT2D eigenvalue weighted by Gasteiger charge is 2.24. The lowest BCUT2D eigenvalue weighted by Crippen LogP contribution is -2.46. The third kappa shape index (κ3) is 47.6. The number of aliphatic hydroxyl groups is 2. The van der Waals surface area contributed by atoms with Crippen LogP contribution in [0.5, 0.6) is 0 Å². The molecule has 0 rings (SSSR count). The van der Waals surface area contributed by atoms with Crippen molar-refractivity contribution in [2.24, 2.45) is 0 Å². The quantitative estimate of drug-likeness (QED) is 0.0321. The molecule has 0 aliphatic carbocycles. The van der Waals surface area contributed by atoms with Crippen molar-refractivity contribution in [3.05, 3.63) is 72.9 Å². The Morgan fingerprint density at radius 1 is 0.462 bits per heavy atom. The number of amides is 1. The van der Waals surface area contributed by atoms with Gasteiger partial charge < -0.3 is 20.3 Å². The largest absolute Gasteiger partial charge is 0.462 e. The molecule has 0 aliphatic heterocycles. The van der Waals surface area contributed by atoms with Crippen molar-refractivity contribution < 1.29 is 24.5 Å². The highest BCUT2D eigenvalue weighted by molar-refractivity contribution is 5.77. The van der Waals surface area contributed by atoms with Gasteiger partial charge in [0.1, 0.15) is 6.10 Å². The van der Waals surface area contributed by atoms with Crippen LogP contribution in [0.1, 0.15) is 265 Å². The van der Waals surface area contributed by atoms with Crippen molar-refractivity contribution in [2.45, 2.75) is 283 Å². The van der Waals surface area contributed by atoms with Crippen LogP contribution in [-0.4, -0.2) is 46.9 Å². The van der Waals surface area contributed by atoms with Crippen LogP contribution in [0.25, 0.3) is 0 Å². The predicted octanol–water partition coefficient (Wildman–Crippen LogP) is 17.0. The molecule has 0 aromatic heterocycles. The van der Waals surface area contributed by atoms with E-state index in [1.54, 1.807) is 0 Å². The molecule has 3 unspecified atom stereocenters. The average Bonchev–Trinajstić information content (AvgIpc) is 3.30. The first-order chi connectivity index (χ1) is 32.0. The van der Waals surface area contributed by atoms with Gasteiger partial charge in [-0.05, 0) is 89.9 Å². The zero-order valence-corrected chi connectivity index (χ0v) is 42.9. The molecule has 3 N–H and O–H groups in total. The Hall–Kier alpha value is -2.70. The number of unbranched alkanes of at least 4 members (excludes halogenated alkanes) is 25. The fourth-order valence-electron chi connectivity index (χ4n) is 8.11. The van der Waals surface area contributed by atoms with Gasteiger partial charge in [0.05, 0.1) is 25.2 Å². The van der Waals surface area contributed by atoms with E-state index in [1.165, 1.54) is 128 Å². The second kappa shape index (κ2) is 52.3. The molecule has 0 saturated heterocycles. The van der Waals surface area contributed by atoms with Gasteiger partial charge in [0.2, 0.25) is 5.91 Å². The summed E-state index contributed by atoms with van der Waals surface area (Å²) >= 11 is 0. The van der Waals surface area contributed by atoms with Crippen LogP contribution in [0, 0.1) is 0 Å². The zero-order valence-electron chi connectivity index (χ0n) is 42.9. The van der Waals surface area contributed by atoms with Crippen molar-refractivity contribution in [3.63, 3.8) is 0 Å². The van der Waals surface area contributed by atoms with Crippen LogP contribution >= 0.6 is 0 Å². The average molecular weight is 908 g/mol. The summed E-state index contributed by atoms with van der Waals surface area (Å²) in [6.07, 6.45) is 66.8. The number of hydrogen-bond donors (Lipinski definition) is 3.